The fourth-order valence-electron chi connectivity index (χ4n) is 4.08. The molecule has 0 aliphatic carbocycles. The number of H-pyrrole nitrogens is 1. The Hall–Kier alpha value is -4.28. The van der Waals surface area contributed by atoms with E-state index in [0.29, 0.717) is 52.2 Å². The van der Waals surface area contributed by atoms with Gasteiger partial charge in [-0.3, -0.25) is 14.3 Å². The van der Waals surface area contributed by atoms with E-state index in [1.165, 1.54) is 30.2 Å². The maximum absolute atomic E-state index is 14.5. The number of fused-ring (bicyclic) bond motifs is 2. The van der Waals surface area contributed by atoms with Gasteiger partial charge in [0.05, 0.1) is 29.3 Å². The molecule has 0 fully saturated rings. The van der Waals surface area contributed by atoms with Crippen LogP contribution in [0.4, 0.5) is 10.2 Å². The number of carbonyl (C=O) groups is 1. The molecule has 4 heterocycles. The second-order valence-corrected chi connectivity index (χ2v) is 7.58. The van der Waals surface area contributed by atoms with Crippen LogP contribution in [0.1, 0.15) is 21.6 Å². The highest BCUT2D eigenvalue weighted by Crippen LogP contribution is 2.32. The van der Waals surface area contributed by atoms with Crippen LogP contribution < -0.4 is 20.9 Å². The molecule has 0 radical (unpaired) electrons. The molecule has 0 saturated carbocycles. The fraction of sp³-hybridized carbons (Fsp3) is 0.227. The molecule has 168 valence electrons. The number of hydrogen-bond acceptors (Lipinski definition) is 7. The van der Waals surface area contributed by atoms with Gasteiger partial charge in [-0.15, -0.1) is 0 Å². The van der Waals surface area contributed by atoms with Gasteiger partial charge in [0.1, 0.15) is 17.4 Å². The maximum atomic E-state index is 14.5. The Kier molecular flexibility index (Phi) is 5.00. The molecule has 0 spiro atoms. The number of aromatic nitrogens is 5. The summed E-state index contributed by atoms with van der Waals surface area (Å²) < 4.78 is 21.6. The summed E-state index contributed by atoms with van der Waals surface area (Å²) in [6, 6.07) is 4.60. The van der Waals surface area contributed by atoms with Gasteiger partial charge in [0.15, 0.2) is 5.69 Å². The highest BCUT2D eigenvalue weighted by molar-refractivity contribution is 6.01. The summed E-state index contributed by atoms with van der Waals surface area (Å²) in [7, 11) is 3.19. The summed E-state index contributed by atoms with van der Waals surface area (Å²) in [5.74, 6) is 0.393. The minimum Gasteiger partial charge on any atom is -0.493 e. The first-order chi connectivity index (χ1) is 16.0. The number of nitrogens with zero attached hydrogens (tertiary/aromatic N) is 4. The average Bonchev–Trinajstić information content (AvgIpc) is 3.45. The van der Waals surface area contributed by atoms with Crippen molar-refractivity contribution in [2.45, 2.75) is 13.0 Å². The second kappa shape index (κ2) is 8.01. The molecule has 10 nitrogen and oxygen atoms in total. The number of anilines is 1. The number of hydrogen-bond donors (Lipinski definition) is 3. The van der Waals surface area contributed by atoms with Crippen molar-refractivity contribution in [2.75, 3.05) is 19.0 Å². The van der Waals surface area contributed by atoms with E-state index in [0.717, 1.165) is 5.56 Å². The first-order valence-corrected chi connectivity index (χ1v) is 10.3. The molecule has 0 unspecified atom stereocenters. The van der Waals surface area contributed by atoms with Crippen LogP contribution >= 0.6 is 0 Å². The molecule has 3 N–H and O–H groups in total. The summed E-state index contributed by atoms with van der Waals surface area (Å²) in [4.78, 5) is 29.2. The predicted octanol–water partition coefficient (Wildman–Crippen LogP) is 1.76. The number of halogens is 1. The van der Waals surface area contributed by atoms with Crippen molar-refractivity contribution in [3.63, 3.8) is 0 Å². The quantitative estimate of drug-likeness (QED) is 0.424. The highest BCUT2D eigenvalue weighted by Gasteiger charge is 2.21. The Bertz CT molecular complexity index is 1460. The molecule has 11 heteroatoms. The first kappa shape index (κ1) is 20.6. The Labute approximate surface area is 186 Å². The van der Waals surface area contributed by atoms with E-state index in [9.17, 15) is 14.0 Å². The highest BCUT2D eigenvalue weighted by atomic mass is 19.1. The third-order valence-electron chi connectivity index (χ3n) is 5.69. The van der Waals surface area contributed by atoms with Crippen LogP contribution in [0.15, 0.2) is 35.4 Å². The Balaban J connectivity index is 1.57. The molecule has 0 bridgehead atoms. The van der Waals surface area contributed by atoms with Crippen LogP contribution in [0.25, 0.3) is 22.0 Å². The SMILES string of the molecule is CNC(=O)c1cc(-c2cnc(NCc3c(F)ccc4c3CCO4)c3cn[nH]c(=O)c23)n(C)n1. The average molecular weight is 449 g/mol. The van der Waals surface area contributed by atoms with Gasteiger partial charge in [0, 0.05) is 49.9 Å². The molecule has 1 aliphatic rings. The minimum atomic E-state index is -0.421. The standard InChI is InChI=1S/C22H20FN7O3/c1-24-21(31)16-7-17(30(2)29-16)13-9-26-20(14-10-27-28-22(32)19(13)14)25-8-12-11-5-6-33-18(11)4-3-15(12)23/h3-4,7,9-10H,5-6,8H2,1-2H3,(H,24,31)(H,25,26)(H,28,32). The topological polar surface area (TPSA) is 127 Å². The number of ether oxygens (including phenoxy) is 1. The minimum absolute atomic E-state index is 0.166. The van der Waals surface area contributed by atoms with Crippen LogP contribution in [-0.2, 0) is 20.0 Å². The molecule has 33 heavy (non-hydrogen) atoms. The van der Waals surface area contributed by atoms with Gasteiger partial charge in [0.2, 0.25) is 0 Å². The lowest BCUT2D eigenvalue weighted by molar-refractivity contribution is 0.0957. The van der Waals surface area contributed by atoms with Crippen molar-refractivity contribution in [1.82, 2.24) is 30.3 Å². The van der Waals surface area contributed by atoms with Crippen LogP contribution in [0.3, 0.4) is 0 Å². The second-order valence-electron chi connectivity index (χ2n) is 7.58. The number of nitrogens with one attached hydrogen (secondary N) is 3. The van der Waals surface area contributed by atoms with Crippen LogP contribution in [0.2, 0.25) is 0 Å². The Morgan fingerprint density at radius 1 is 1.33 bits per heavy atom. The van der Waals surface area contributed by atoms with E-state index in [4.69, 9.17) is 4.74 Å². The fourth-order valence-corrected chi connectivity index (χ4v) is 4.08. The predicted molar refractivity (Wildman–Crippen MR) is 119 cm³/mol. The zero-order valence-electron chi connectivity index (χ0n) is 17.9. The van der Waals surface area contributed by atoms with Gasteiger partial charge in [-0.1, -0.05) is 0 Å². The van der Waals surface area contributed by atoms with E-state index < -0.39 is 5.56 Å². The van der Waals surface area contributed by atoms with E-state index in [2.05, 4.69) is 30.9 Å². The summed E-state index contributed by atoms with van der Waals surface area (Å²) >= 11 is 0. The molecule has 1 aliphatic heterocycles. The largest absolute Gasteiger partial charge is 0.493 e. The van der Waals surface area contributed by atoms with Crippen molar-refractivity contribution in [3.8, 4) is 17.0 Å². The molecule has 1 aromatic carbocycles. The molecule has 3 aromatic heterocycles. The van der Waals surface area contributed by atoms with Gasteiger partial charge in [-0.05, 0) is 18.2 Å². The van der Waals surface area contributed by atoms with E-state index in [-0.39, 0.29) is 24.0 Å². The number of carbonyl (C=O) groups excluding carboxylic acids is 1. The van der Waals surface area contributed by atoms with Crippen LogP contribution in [0, 0.1) is 5.82 Å². The molecular weight excluding hydrogens is 429 g/mol. The lowest BCUT2D eigenvalue weighted by Gasteiger charge is -2.13. The summed E-state index contributed by atoms with van der Waals surface area (Å²) in [6.45, 7) is 0.683. The number of rotatable bonds is 5. The molecule has 1 amide bonds. The van der Waals surface area contributed by atoms with Gasteiger partial charge >= 0.3 is 0 Å². The lowest BCUT2D eigenvalue weighted by atomic mass is 10.0. The van der Waals surface area contributed by atoms with Crippen LogP contribution in [-0.4, -0.2) is 44.5 Å². The number of benzene rings is 1. The van der Waals surface area contributed by atoms with Gasteiger partial charge in [-0.2, -0.15) is 10.2 Å². The van der Waals surface area contributed by atoms with Crippen molar-refractivity contribution in [3.05, 3.63) is 63.6 Å². The Morgan fingerprint density at radius 3 is 3.00 bits per heavy atom. The monoisotopic (exact) mass is 449 g/mol. The van der Waals surface area contributed by atoms with Gasteiger partial charge < -0.3 is 15.4 Å². The smallest absolute Gasteiger partial charge is 0.272 e. The molecular formula is C22H20FN7O3. The molecule has 5 rings (SSSR count). The number of aromatic amines is 1. The van der Waals surface area contributed by atoms with Crippen molar-refractivity contribution in [2.24, 2.45) is 7.05 Å². The zero-order chi connectivity index (χ0) is 23.1. The number of aryl methyl sites for hydroxylation is 1. The Morgan fingerprint density at radius 2 is 2.18 bits per heavy atom. The van der Waals surface area contributed by atoms with E-state index in [1.807, 2.05) is 0 Å². The van der Waals surface area contributed by atoms with Crippen LogP contribution in [0.5, 0.6) is 5.75 Å². The summed E-state index contributed by atoms with van der Waals surface area (Å²) in [5.41, 5.74) is 2.16. The molecule has 0 saturated heterocycles. The number of amides is 1. The molecule has 0 atom stereocenters. The normalized spacial score (nSPS) is 12.5. The third kappa shape index (κ3) is 3.47. The van der Waals surface area contributed by atoms with Gasteiger partial charge in [-0.25, -0.2) is 14.5 Å². The van der Waals surface area contributed by atoms with Crippen molar-refractivity contribution < 1.29 is 13.9 Å². The van der Waals surface area contributed by atoms with E-state index >= 15 is 0 Å². The maximum Gasteiger partial charge on any atom is 0.272 e. The zero-order valence-corrected chi connectivity index (χ0v) is 17.9. The lowest BCUT2D eigenvalue weighted by Crippen LogP contribution is -2.18. The van der Waals surface area contributed by atoms with Gasteiger partial charge in [0.25, 0.3) is 11.5 Å². The number of pyridine rings is 1. The third-order valence-corrected chi connectivity index (χ3v) is 5.69. The summed E-state index contributed by atoms with van der Waals surface area (Å²) in [5, 5.41) is 17.0. The summed E-state index contributed by atoms with van der Waals surface area (Å²) in [6.07, 6.45) is 3.65. The van der Waals surface area contributed by atoms with Crippen molar-refractivity contribution in [1.29, 1.82) is 0 Å². The van der Waals surface area contributed by atoms with Crippen molar-refractivity contribution >= 4 is 22.5 Å². The van der Waals surface area contributed by atoms with E-state index in [1.54, 1.807) is 19.2 Å². The first-order valence-electron chi connectivity index (χ1n) is 10.3. The molecule has 4 aromatic rings.